The molecule has 1 saturated carbocycles. The highest BCUT2D eigenvalue weighted by Gasteiger charge is 2.41. The van der Waals surface area contributed by atoms with Crippen LogP contribution in [0.15, 0.2) is 36.4 Å². The lowest BCUT2D eigenvalue weighted by atomic mass is 10.1. The van der Waals surface area contributed by atoms with E-state index < -0.39 is 12.2 Å². The predicted molar refractivity (Wildman–Crippen MR) is 134 cm³/mol. The number of carbonyl (C=O) groups excluding carboxylic acids is 2. The van der Waals surface area contributed by atoms with Gasteiger partial charge in [-0.25, -0.2) is 9.48 Å². The number of carbonyl (C=O) groups is 2. The maximum Gasteiger partial charge on any atom is 0.406 e. The van der Waals surface area contributed by atoms with Crippen molar-refractivity contribution in [1.29, 1.82) is 0 Å². The standard InChI is InChI=1S/C26H37N5O5/c1-18(30(20-11-12-20)25(32)24-15-28-19(16-34-2)17-36-24)23-14-22(10-7-13-27-26(33)35-3)31(29-23)21-8-5-4-6-9-21/h4-6,8-9,14,18-20,24,28H,7,10-13,15-17H2,1-3H3,(H,27,33)/t18-,19+,24-/m1/s1. The summed E-state index contributed by atoms with van der Waals surface area (Å²) in [6.45, 7) is 4.02. The molecule has 0 unspecified atom stereocenters. The molecule has 4 rings (SSSR count). The average Bonchev–Trinajstić information content (AvgIpc) is 3.65. The Morgan fingerprint density at radius 3 is 2.69 bits per heavy atom. The van der Waals surface area contributed by atoms with Crippen LogP contribution in [-0.2, 0) is 25.4 Å². The van der Waals surface area contributed by atoms with Crippen molar-refractivity contribution >= 4 is 12.0 Å². The molecule has 10 heteroatoms. The normalized spacial score (nSPS) is 20.5. The Morgan fingerprint density at radius 2 is 2.06 bits per heavy atom. The molecular weight excluding hydrogens is 462 g/mol. The number of para-hydroxylation sites is 1. The summed E-state index contributed by atoms with van der Waals surface area (Å²) in [5.41, 5.74) is 2.83. The molecule has 2 aliphatic rings. The number of hydrogen-bond acceptors (Lipinski definition) is 7. The van der Waals surface area contributed by atoms with Crippen molar-refractivity contribution in [1.82, 2.24) is 25.3 Å². The van der Waals surface area contributed by atoms with Crippen LogP contribution >= 0.6 is 0 Å². The van der Waals surface area contributed by atoms with E-state index in [1.807, 2.05) is 46.8 Å². The second kappa shape index (κ2) is 12.3. The van der Waals surface area contributed by atoms with Crippen molar-refractivity contribution in [3.05, 3.63) is 47.8 Å². The SMILES string of the molecule is COC[C@H]1CO[C@@H](C(=O)N(C2CC2)[C@H](C)c2cc(CCCNC(=O)OC)n(-c3ccccc3)n2)CN1. The molecular formula is C26H37N5O5. The fraction of sp³-hybridized carbons (Fsp3) is 0.577. The first-order valence-electron chi connectivity index (χ1n) is 12.6. The molecule has 2 heterocycles. The third kappa shape index (κ3) is 6.43. The van der Waals surface area contributed by atoms with Crippen molar-refractivity contribution in [3.63, 3.8) is 0 Å². The molecule has 2 amide bonds. The zero-order valence-electron chi connectivity index (χ0n) is 21.3. The van der Waals surface area contributed by atoms with E-state index in [-0.39, 0.29) is 24.0 Å². The van der Waals surface area contributed by atoms with Gasteiger partial charge < -0.3 is 29.7 Å². The summed E-state index contributed by atoms with van der Waals surface area (Å²) in [5.74, 6) is 0.00598. The summed E-state index contributed by atoms with van der Waals surface area (Å²) >= 11 is 0. The number of nitrogens with zero attached hydrogens (tertiary/aromatic N) is 3. The number of ether oxygens (including phenoxy) is 3. The van der Waals surface area contributed by atoms with E-state index in [1.54, 1.807) is 7.11 Å². The zero-order chi connectivity index (χ0) is 25.5. The molecule has 1 saturated heterocycles. The third-order valence-electron chi connectivity index (χ3n) is 6.64. The fourth-order valence-corrected chi connectivity index (χ4v) is 4.59. The van der Waals surface area contributed by atoms with Crippen molar-refractivity contribution < 1.29 is 23.8 Å². The van der Waals surface area contributed by atoms with Crippen LogP contribution in [0.2, 0.25) is 0 Å². The molecule has 2 N–H and O–H groups in total. The van der Waals surface area contributed by atoms with Gasteiger partial charge in [0.25, 0.3) is 5.91 Å². The first kappa shape index (κ1) is 26.1. The van der Waals surface area contributed by atoms with Crippen molar-refractivity contribution in [2.75, 3.05) is 40.5 Å². The molecule has 3 atom stereocenters. The molecule has 196 valence electrons. The monoisotopic (exact) mass is 499 g/mol. The van der Waals surface area contributed by atoms with Gasteiger partial charge in [0, 0.05) is 31.9 Å². The number of amides is 2. The van der Waals surface area contributed by atoms with Crippen molar-refractivity contribution in [2.24, 2.45) is 0 Å². The Morgan fingerprint density at radius 1 is 1.28 bits per heavy atom. The minimum atomic E-state index is -0.513. The van der Waals surface area contributed by atoms with Crippen LogP contribution in [0.1, 0.15) is 43.6 Å². The minimum absolute atomic E-state index is 0.00598. The number of morpholine rings is 1. The molecule has 0 spiro atoms. The molecule has 1 aromatic carbocycles. The lowest BCUT2D eigenvalue weighted by Gasteiger charge is -2.35. The van der Waals surface area contributed by atoms with E-state index in [2.05, 4.69) is 21.4 Å². The van der Waals surface area contributed by atoms with Crippen LogP contribution in [-0.4, -0.2) is 85.4 Å². The highest BCUT2D eigenvalue weighted by atomic mass is 16.5. The van der Waals surface area contributed by atoms with Gasteiger partial charge in [0.2, 0.25) is 0 Å². The number of aryl methyl sites for hydroxylation is 1. The zero-order valence-corrected chi connectivity index (χ0v) is 21.3. The lowest BCUT2D eigenvalue weighted by Crippen LogP contribution is -2.55. The number of methoxy groups -OCH3 is 2. The lowest BCUT2D eigenvalue weighted by molar-refractivity contribution is -0.150. The van der Waals surface area contributed by atoms with Crippen molar-refractivity contribution in [2.45, 2.75) is 56.8 Å². The average molecular weight is 500 g/mol. The van der Waals surface area contributed by atoms with Crippen LogP contribution in [0, 0.1) is 0 Å². The van der Waals surface area contributed by atoms with Gasteiger partial charge in [-0.15, -0.1) is 0 Å². The summed E-state index contributed by atoms with van der Waals surface area (Å²) in [7, 11) is 3.01. The van der Waals surface area contributed by atoms with E-state index in [0.29, 0.717) is 32.7 Å². The molecule has 10 nitrogen and oxygen atoms in total. The molecule has 2 fully saturated rings. The first-order chi connectivity index (χ1) is 17.5. The van der Waals surface area contributed by atoms with Crippen molar-refractivity contribution in [3.8, 4) is 5.69 Å². The van der Waals surface area contributed by atoms with E-state index in [1.165, 1.54) is 7.11 Å². The fourth-order valence-electron chi connectivity index (χ4n) is 4.59. The summed E-state index contributed by atoms with van der Waals surface area (Å²) in [4.78, 5) is 26.9. The Balaban J connectivity index is 1.50. The van der Waals surface area contributed by atoms with E-state index in [4.69, 9.17) is 14.6 Å². The van der Waals surface area contributed by atoms with Crippen LogP contribution < -0.4 is 10.6 Å². The Kier molecular flexibility index (Phi) is 8.95. The van der Waals surface area contributed by atoms with Crippen LogP contribution in [0.25, 0.3) is 5.69 Å². The summed E-state index contributed by atoms with van der Waals surface area (Å²) < 4.78 is 17.7. The van der Waals surface area contributed by atoms with Crippen LogP contribution in [0.5, 0.6) is 0 Å². The molecule has 2 aromatic rings. The number of alkyl carbamates (subject to hydrolysis) is 1. The van der Waals surface area contributed by atoms with Gasteiger partial charge in [0.05, 0.1) is 43.8 Å². The molecule has 1 aliphatic heterocycles. The number of aromatic nitrogens is 2. The number of rotatable bonds is 11. The summed E-state index contributed by atoms with van der Waals surface area (Å²) in [6, 6.07) is 12.2. The Labute approximate surface area is 212 Å². The Bertz CT molecular complexity index is 1000. The smallest absolute Gasteiger partial charge is 0.406 e. The van der Waals surface area contributed by atoms with E-state index in [0.717, 1.165) is 36.3 Å². The minimum Gasteiger partial charge on any atom is -0.453 e. The second-order valence-corrected chi connectivity index (χ2v) is 9.36. The highest BCUT2D eigenvalue weighted by Crippen LogP contribution is 2.35. The van der Waals surface area contributed by atoms with Gasteiger partial charge in [-0.05, 0) is 50.8 Å². The number of hydrogen-bond donors (Lipinski definition) is 2. The summed E-state index contributed by atoms with van der Waals surface area (Å²) in [5, 5.41) is 11.0. The van der Waals surface area contributed by atoms with Crippen LogP contribution in [0.4, 0.5) is 4.79 Å². The second-order valence-electron chi connectivity index (χ2n) is 9.36. The summed E-state index contributed by atoms with van der Waals surface area (Å²) in [6.07, 6.45) is 2.49. The van der Waals surface area contributed by atoms with Gasteiger partial charge in [0.15, 0.2) is 0 Å². The molecule has 0 radical (unpaired) electrons. The van der Waals surface area contributed by atoms with Crippen LogP contribution in [0.3, 0.4) is 0 Å². The van der Waals surface area contributed by atoms with Gasteiger partial charge in [0.1, 0.15) is 6.10 Å². The van der Waals surface area contributed by atoms with E-state index in [9.17, 15) is 9.59 Å². The van der Waals surface area contributed by atoms with E-state index >= 15 is 0 Å². The third-order valence-corrected chi connectivity index (χ3v) is 6.64. The maximum atomic E-state index is 13.6. The highest BCUT2D eigenvalue weighted by molar-refractivity contribution is 5.82. The first-order valence-corrected chi connectivity index (χ1v) is 12.6. The molecule has 0 bridgehead atoms. The molecule has 36 heavy (non-hydrogen) atoms. The maximum absolute atomic E-state index is 13.6. The number of nitrogens with one attached hydrogen (secondary N) is 2. The topological polar surface area (TPSA) is 107 Å². The van der Waals surface area contributed by atoms with Gasteiger partial charge >= 0.3 is 6.09 Å². The van der Waals surface area contributed by atoms with Gasteiger partial charge in [-0.3, -0.25) is 4.79 Å². The van der Waals surface area contributed by atoms with Gasteiger partial charge in [-0.2, -0.15) is 5.10 Å². The quantitative estimate of drug-likeness (QED) is 0.457. The molecule has 1 aliphatic carbocycles. The number of benzene rings is 1. The van der Waals surface area contributed by atoms with Gasteiger partial charge in [-0.1, -0.05) is 18.2 Å². The largest absolute Gasteiger partial charge is 0.453 e. The Hall–Kier alpha value is -2.95. The molecule has 1 aromatic heterocycles. The predicted octanol–water partition coefficient (Wildman–Crippen LogP) is 2.22.